The van der Waals surface area contributed by atoms with E-state index >= 15 is 0 Å². The highest BCUT2D eigenvalue weighted by Gasteiger charge is 2.17. The van der Waals surface area contributed by atoms with Crippen LogP contribution in [0.3, 0.4) is 0 Å². The van der Waals surface area contributed by atoms with E-state index in [9.17, 15) is 13.2 Å². The summed E-state index contributed by atoms with van der Waals surface area (Å²) in [5, 5.41) is 7.14. The van der Waals surface area contributed by atoms with Gasteiger partial charge in [0.2, 0.25) is 0 Å². The van der Waals surface area contributed by atoms with Gasteiger partial charge in [0.25, 0.3) is 5.91 Å². The molecule has 4 rings (SSSR count). The highest BCUT2D eigenvalue weighted by molar-refractivity contribution is 7.90. The standard InChI is InChI=1S/C22H20N6O3S/c1-14-5-4-6-18(24-14)21-23-12-11-20(25-21)26-22(29)19-13-15(2)27-28(19)16-7-9-17(10-8-16)32(3,30)31/h4-13H,1-3H3,(H,23,25,26,29). The fraction of sp³-hybridized carbons (Fsp3) is 0.136. The van der Waals surface area contributed by atoms with Crippen LogP contribution in [0.1, 0.15) is 21.9 Å². The minimum atomic E-state index is -3.32. The van der Waals surface area contributed by atoms with Crippen LogP contribution in [-0.2, 0) is 9.84 Å². The molecule has 10 heteroatoms. The van der Waals surface area contributed by atoms with E-state index in [2.05, 4.69) is 25.4 Å². The summed E-state index contributed by atoms with van der Waals surface area (Å²) in [7, 11) is -3.32. The first-order valence-electron chi connectivity index (χ1n) is 9.66. The van der Waals surface area contributed by atoms with Crippen molar-refractivity contribution in [3.05, 3.63) is 77.9 Å². The van der Waals surface area contributed by atoms with E-state index in [0.717, 1.165) is 11.9 Å². The molecule has 1 amide bonds. The van der Waals surface area contributed by atoms with Gasteiger partial charge < -0.3 is 5.32 Å². The first-order chi connectivity index (χ1) is 15.2. The van der Waals surface area contributed by atoms with Gasteiger partial charge in [0, 0.05) is 18.1 Å². The van der Waals surface area contributed by atoms with Gasteiger partial charge in [0.15, 0.2) is 15.7 Å². The normalized spacial score (nSPS) is 11.3. The average Bonchev–Trinajstić information content (AvgIpc) is 3.15. The second-order valence-corrected chi connectivity index (χ2v) is 9.25. The zero-order chi connectivity index (χ0) is 22.9. The first kappa shape index (κ1) is 21.3. The van der Waals surface area contributed by atoms with Crippen molar-refractivity contribution in [3.8, 4) is 17.2 Å². The van der Waals surface area contributed by atoms with Crippen LogP contribution in [0, 0.1) is 13.8 Å². The Bertz CT molecular complexity index is 1410. The van der Waals surface area contributed by atoms with Crippen molar-refractivity contribution in [1.82, 2.24) is 24.7 Å². The molecule has 0 saturated heterocycles. The zero-order valence-electron chi connectivity index (χ0n) is 17.6. The van der Waals surface area contributed by atoms with Gasteiger partial charge in [-0.25, -0.2) is 28.1 Å². The van der Waals surface area contributed by atoms with Crippen LogP contribution in [0.15, 0.2) is 65.7 Å². The molecule has 9 nitrogen and oxygen atoms in total. The molecule has 0 fully saturated rings. The quantitative estimate of drug-likeness (QED) is 0.498. The number of benzene rings is 1. The average molecular weight is 449 g/mol. The highest BCUT2D eigenvalue weighted by atomic mass is 32.2. The highest BCUT2D eigenvalue weighted by Crippen LogP contribution is 2.18. The molecule has 4 aromatic rings. The van der Waals surface area contributed by atoms with Gasteiger partial charge >= 0.3 is 0 Å². The molecule has 32 heavy (non-hydrogen) atoms. The fourth-order valence-corrected chi connectivity index (χ4v) is 3.72. The van der Waals surface area contributed by atoms with Crippen molar-refractivity contribution in [2.45, 2.75) is 18.7 Å². The number of pyridine rings is 1. The van der Waals surface area contributed by atoms with Crippen molar-refractivity contribution in [2.75, 3.05) is 11.6 Å². The topological polar surface area (TPSA) is 120 Å². The molecule has 3 heterocycles. The molecule has 0 aliphatic heterocycles. The van der Waals surface area contributed by atoms with Gasteiger partial charge in [-0.2, -0.15) is 5.10 Å². The number of rotatable bonds is 5. The van der Waals surface area contributed by atoms with Gasteiger partial charge in [-0.15, -0.1) is 0 Å². The van der Waals surface area contributed by atoms with E-state index in [1.54, 1.807) is 43.5 Å². The zero-order valence-corrected chi connectivity index (χ0v) is 18.5. The van der Waals surface area contributed by atoms with Gasteiger partial charge in [-0.3, -0.25) is 4.79 Å². The SMILES string of the molecule is Cc1cccc(-c2nccc(NC(=O)c3cc(C)nn3-c3ccc(S(C)(=O)=O)cc3)n2)n1. The predicted octanol–water partition coefficient (Wildman–Crippen LogP) is 3.00. The maximum Gasteiger partial charge on any atom is 0.275 e. The third-order valence-corrected chi connectivity index (χ3v) is 5.72. The van der Waals surface area contributed by atoms with Crippen LogP contribution in [0.25, 0.3) is 17.2 Å². The van der Waals surface area contributed by atoms with E-state index in [1.807, 2.05) is 19.1 Å². The van der Waals surface area contributed by atoms with Crippen LogP contribution in [0.4, 0.5) is 5.82 Å². The van der Waals surface area contributed by atoms with Gasteiger partial charge in [-0.05, 0) is 62.4 Å². The lowest BCUT2D eigenvalue weighted by molar-refractivity contribution is 0.101. The first-order valence-corrected chi connectivity index (χ1v) is 11.6. The smallest absolute Gasteiger partial charge is 0.275 e. The summed E-state index contributed by atoms with van der Waals surface area (Å²) in [5.74, 6) is 0.299. The minimum Gasteiger partial charge on any atom is -0.305 e. The van der Waals surface area contributed by atoms with Crippen molar-refractivity contribution in [2.24, 2.45) is 0 Å². The largest absolute Gasteiger partial charge is 0.305 e. The van der Waals surface area contributed by atoms with E-state index < -0.39 is 15.7 Å². The number of carbonyl (C=O) groups is 1. The summed E-state index contributed by atoms with van der Waals surface area (Å²) in [6, 6.07) is 14.9. The Labute approximate surface area is 185 Å². The Kier molecular flexibility index (Phi) is 5.54. The van der Waals surface area contributed by atoms with Crippen LogP contribution >= 0.6 is 0 Å². The molecule has 0 saturated carbocycles. The van der Waals surface area contributed by atoms with Crippen molar-refractivity contribution >= 4 is 21.6 Å². The molecule has 3 aromatic heterocycles. The number of aromatic nitrogens is 5. The summed E-state index contributed by atoms with van der Waals surface area (Å²) in [6.45, 7) is 3.64. The lowest BCUT2D eigenvalue weighted by Crippen LogP contribution is -2.18. The van der Waals surface area contributed by atoms with E-state index in [1.165, 1.54) is 16.8 Å². The number of anilines is 1. The molecule has 0 unspecified atom stereocenters. The summed E-state index contributed by atoms with van der Waals surface area (Å²) in [6.07, 6.45) is 2.69. The van der Waals surface area contributed by atoms with E-state index in [4.69, 9.17) is 0 Å². The molecule has 0 radical (unpaired) electrons. The Hall–Kier alpha value is -3.92. The molecular formula is C22H20N6O3S. The molecule has 162 valence electrons. The summed E-state index contributed by atoms with van der Waals surface area (Å²) >= 11 is 0. The Morgan fingerprint density at radius 3 is 2.41 bits per heavy atom. The number of nitrogens with one attached hydrogen (secondary N) is 1. The van der Waals surface area contributed by atoms with Gasteiger partial charge in [0.05, 0.1) is 16.3 Å². The van der Waals surface area contributed by atoms with Crippen molar-refractivity contribution in [3.63, 3.8) is 0 Å². The molecule has 1 N–H and O–H groups in total. The predicted molar refractivity (Wildman–Crippen MR) is 119 cm³/mol. The van der Waals surface area contributed by atoms with Crippen LogP contribution in [0.2, 0.25) is 0 Å². The Morgan fingerprint density at radius 2 is 1.72 bits per heavy atom. The third-order valence-electron chi connectivity index (χ3n) is 4.59. The summed E-state index contributed by atoms with van der Waals surface area (Å²) in [5.41, 5.74) is 2.91. The van der Waals surface area contributed by atoms with E-state index in [-0.39, 0.29) is 10.6 Å². The third kappa shape index (κ3) is 4.54. The van der Waals surface area contributed by atoms with Crippen molar-refractivity contribution in [1.29, 1.82) is 0 Å². The van der Waals surface area contributed by atoms with Crippen LogP contribution in [-0.4, -0.2) is 45.3 Å². The molecule has 1 aromatic carbocycles. The van der Waals surface area contributed by atoms with Gasteiger partial charge in [-0.1, -0.05) is 6.07 Å². The Morgan fingerprint density at radius 1 is 0.969 bits per heavy atom. The maximum atomic E-state index is 13.0. The number of nitrogens with zero attached hydrogens (tertiary/aromatic N) is 5. The fourth-order valence-electron chi connectivity index (χ4n) is 3.09. The second kappa shape index (κ2) is 8.31. The summed E-state index contributed by atoms with van der Waals surface area (Å²) < 4.78 is 24.9. The monoisotopic (exact) mass is 448 g/mol. The maximum absolute atomic E-state index is 13.0. The van der Waals surface area contributed by atoms with Crippen LogP contribution in [0.5, 0.6) is 0 Å². The molecule has 0 atom stereocenters. The van der Waals surface area contributed by atoms with Crippen molar-refractivity contribution < 1.29 is 13.2 Å². The second-order valence-electron chi connectivity index (χ2n) is 7.23. The number of hydrogen-bond donors (Lipinski definition) is 1. The number of amides is 1. The number of carbonyl (C=O) groups excluding carboxylic acids is 1. The molecule has 0 spiro atoms. The number of sulfone groups is 1. The minimum absolute atomic E-state index is 0.189. The molecule has 0 bridgehead atoms. The number of aryl methyl sites for hydroxylation is 2. The molecular weight excluding hydrogens is 428 g/mol. The van der Waals surface area contributed by atoms with Crippen LogP contribution < -0.4 is 5.32 Å². The van der Waals surface area contributed by atoms with Gasteiger partial charge in [0.1, 0.15) is 17.2 Å². The summed E-state index contributed by atoms with van der Waals surface area (Å²) in [4.78, 5) is 26.2. The lowest BCUT2D eigenvalue weighted by Gasteiger charge is -2.09. The van der Waals surface area contributed by atoms with E-state index in [0.29, 0.717) is 28.7 Å². The Balaban J connectivity index is 1.62. The molecule has 0 aliphatic rings. The lowest BCUT2D eigenvalue weighted by atomic mass is 10.3. The molecule has 0 aliphatic carbocycles. The number of hydrogen-bond acceptors (Lipinski definition) is 7.